The second-order valence-electron chi connectivity index (χ2n) is 7.69. The van der Waals surface area contributed by atoms with Crippen LogP contribution in [-0.4, -0.2) is 48.3 Å². The van der Waals surface area contributed by atoms with Crippen LogP contribution in [-0.2, 0) is 17.6 Å². The highest BCUT2D eigenvalue weighted by Gasteiger charge is 2.23. The van der Waals surface area contributed by atoms with E-state index in [9.17, 15) is 9.59 Å². The Bertz CT molecular complexity index is 889. The predicted molar refractivity (Wildman–Crippen MR) is 109 cm³/mol. The number of nitrogens with one attached hydrogen (secondary N) is 1. The molecule has 4 rings (SSSR count). The van der Waals surface area contributed by atoms with Crippen LogP contribution in [0, 0.1) is 0 Å². The summed E-state index contributed by atoms with van der Waals surface area (Å²) in [5.74, 6) is 0.428. The van der Waals surface area contributed by atoms with Crippen LogP contribution in [0.15, 0.2) is 30.3 Å². The second kappa shape index (κ2) is 8.59. The van der Waals surface area contributed by atoms with Crippen molar-refractivity contribution in [3.63, 3.8) is 0 Å². The third-order valence-electron chi connectivity index (χ3n) is 5.78. The first-order valence-corrected chi connectivity index (χ1v) is 10.2. The average molecular weight is 394 g/mol. The van der Waals surface area contributed by atoms with Gasteiger partial charge < -0.3 is 15.0 Å². The number of fused-ring (bicyclic) bond motifs is 1. The molecule has 1 fully saturated rings. The molecule has 0 atom stereocenters. The molecule has 1 amide bonds. The lowest BCUT2D eigenvalue weighted by Crippen LogP contribution is -2.45. The number of carbonyl (C=O) groups excluding carboxylic acids is 2. The molecule has 0 radical (unpaired) electrons. The Morgan fingerprint density at radius 1 is 1.03 bits per heavy atom. The van der Waals surface area contributed by atoms with Crippen LogP contribution in [0.3, 0.4) is 0 Å². The SMILES string of the molecule is COC(=O)c1ccc(C(=O)NC2CCN(c3cc4c(nn3)CCCC4)CC2)cc1. The van der Waals surface area contributed by atoms with Gasteiger partial charge in [-0.15, -0.1) is 5.10 Å². The topological polar surface area (TPSA) is 84.4 Å². The van der Waals surface area contributed by atoms with Gasteiger partial charge in [-0.2, -0.15) is 5.10 Å². The summed E-state index contributed by atoms with van der Waals surface area (Å²) in [6.45, 7) is 1.69. The third kappa shape index (κ3) is 4.39. The number of piperidine rings is 1. The van der Waals surface area contributed by atoms with Crippen molar-refractivity contribution in [2.45, 2.75) is 44.6 Å². The Balaban J connectivity index is 1.31. The summed E-state index contributed by atoms with van der Waals surface area (Å²) in [6.07, 6.45) is 6.30. The van der Waals surface area contributed by atoms with Crippen LogP contribution in [0.25, 0.3) is 0 Å². The summed E-state index contributed by atoms with van der Waals surface area (Å²) < 4.78 is 4.68. The number of amides is 1. The fourth-order valence-electron chi connectivity index (χ4n) is 4.03. The van der Waals surface area contributed by atoms with E-state index in [1.807, 2.05) is 0 Å². The molecule has 7 heteroatoms. The zero-order valence-electron chi connectivity index (χ0n) is 16.7. The van der Waals surface area contributed by atoms with Gasteiger partial charge in [-0.05, 0) is 74.4 Å². The van der Waals surface area contributed by atoms with Gasteiger partial charge in [0.25, 0.3) is 5.91 Å². The van der Waals surface area contributed by atoms with E-state index in [0.717, 1.165) is 50.3 Å². The first-order valence-electron chi connectivity index (χ1n) is 10.2. The average Bonchev–Trinajstić information content (AvgIpc) is 2.79. The minimum Gasteiger partial charge on any atom is -0.465 e. The quantitative estimate of drug-likeness (QED) is 0.803. The first kappa shape index (κ1) is 19.4. The molecule has 1 aromatic carbocycles. The lowest BCUT2D eigenvalue weighted by molar-refractivity contribution is 0.0600. The minimum absolute atomic E-state index is 0.117. The molecule has 2 aromatic rings. The second-order valence-corrected chi connectivity index (χ2v) is 7.69. The van der Waals surface area contributed by atoms with Crippen LogP contribution >= 0.6 is 0 Å². The molecule has 0 saturated carbocycles. The van der Waals surface area contributed by atoms with Gasteiger partial charge >= 0.3 is 5.97 Å². The normalized spacial score (nSPS) is 16.8. The molecule has 0 spiro atoms. The Kier molecular flexibility index (Phi) is 5.74. The van der Waals surface area contributed by atoms with E-state index in [-0.39, 0.29) is 11.9 Å². The molecule has 1 aromatic heterocycles. The molecule has 7 nitrogen and oxygen atoms in total. The lowest BCUT2D eigenvalue weighted by Gasteiger charge is -2.33. The van der Waals surface area contributed by atoms with E-state index in [1.165, 1.54) is 25.5 Å². The monoisotopic (exact) mass is 394 g/mol. The molecule has 1 aliphatic carbocycles. The minimum atomic E-state index is -0.408. The number of aryl methyl sites for hydroxylation is 2. The molecule has 2 aliphatic rings. The molecule has 1 saturated heterocycles. The zero-order valence-corrected chi connectivity index (χ0v) is 16.7. The van der Waals surface area contributed by atoms with E-state index < -0.39 is 5.97 Å². The Hall–Kier alpha value is -2.96. The van der Waals surface area contributed by atoms with Crippen molar-refractivity contribution in [1.29, 1.82) is 0 Å². The first-order chi connectivity index (χ1) is 14.1. The summed E-state index contributed by atoms with van der Waals surface area (Å²) in [5.41, 5.74) is 3.47. The van der Waals surface area contributed by atoms with E-state index >= 15 is 0 Å². The van der Waals surface area contributed by atoms with Gasteiger partial charge in [0.15, 0.2) is 5.82 Å². The van der Waals surface area contributed by atoms with Gasteiger partial charge in [-0.25, -0.2) is 4.79 Å². The maximum atomic E-state index is 12.5. The number of nitrogens with zero attached hydrogens (tertiary/aromatic N) is 3. The fourth-order valence-corrected chi connectivity index (χ4v) is 4.03. The molecule has 1 N–H and O–H groups in total. The van der Waals surface area contributed by atoms with Gasteiger partial charge in [-0.1, -0.05) is 0 Å². The van der Waals surface area contributed by atoms with Gasteiger partial charge in [-0.3, -0.25) is 4.79 Å². The van der Waals surface area contributed by atoms with Crippen LogP contribution in [0.2, 0.25) is 0 Å². The molecular weight excluding hydrogens is 368 g/mol. The van der Waals surface area contributed by atoms with Crippen molar-refractivity contribution in [1.82, 2.24) is 15.5 Å². The number of aromatic nitrogens is 2. The zero-order chi connectivity index (χ0) is 20.2. The highest BCUT2D eigenvalue weighted by molar-refractivity contribution is 5.96. The summed E-state index contributed by atoms with van der Waals surface area (Å²) >= 11 is 0. The van der Waals surface area contributed by atoms with E-state index in [0.29, 0.717) is 11.1 Å². The van der Waals surface area contributed by atoms with Crippen molar-refractivity contribution >= 4 is 17.7 Å². The number of ether oxygens (including phenoxy) is 1. The number of hydrogen-bond acceptors (Lipinski definition) is 6. The molecule has 1 aliphatic heterocycles. The highest BCUT2D eigenvalue weighted by atomic mass is 16.5. The largest absolute Gasteiger partial charge is 0.465 e. The standard InChI is InChI=1S/C22H26N4O3/c1-29-22(28)16-8-6-15(7-9-16)21(27)23-18-10-12-26(13-11-18)20-14-17-4-2-3-5-19(17)24-25-20/h6-9,14,18H,2-5,10-13H2,1H3,(H,23,27). The number of anilines is 1. The molecule has 2 heterocycles. The predicted octanol–water partition coefficient (Wildman–Crippen LogP) is 2.54. The Labute approximate surface area is 170 Å². The van der Waals surface area contributed by atoms with Crippen molar-refractivity contribution in [3.8, 4) is 0 Å². The number of rotatable bonds is 4. The van der Waals surface area contributed by atoms with Gasteiger partial charge in [0.05, 0.1) is 18.4 Å². The Morgan fingerprint density at radius 2 is 1.72 bits per heavy atom. The van der Waals surface area contributed by atoms with Crippen molar-refractivity contribution in [2.75, 3.05) is 25.1 Å². The number of carbonyl (C=O) groups is 2. The molecule has 152 valence electrons. The smallest absolute Gasteiger partial charge is 0.337 e. The van der Waals surface area contributed by atoms with Crippen LogP contribution < -0.4 is 10.2 Å². The van der Waals surface area contributed by atoms with Gasteiger partial charge in [0, 0.05) is 24.7 Å². The van der Waals surface area contributed by atoms with Crippen LogP contribution in [0.5, 0.6) is 0 Å². The molecule has 29 heavy (non-hydrogen) atoms. The Morgan fingerprint density at radius 3 is 2.45 bits per heavy atom. The summed E-state index contributed by atoms with van der Waals surface area (Å²) in [7, 11) is 1.34. The molecule has 0 bridgehead atoms. The lowest BCUT2D eigenvalue weighted by atomic mass is 9.96. The number of benzene rings is 1. The third-order valence-corrected chi connectivity index (χ3v) is 5.78. The van der Waals surface area contributed by atoms with Crippen molar-refractivity contribution in [3.05, 3.63) is 52.7 Å². The van der Waals surface area contributed by atoms with Crippen molar-refractivity contribution < 1.29 is 14.3 Å². The highest BCUT2D eigenvalue weighted by Crippen LogP contribution is 2.24. The summed E-state index contributed by atoms with van der Waals surface area (Å²) in [6, 6.07) is 8.85. The number of hydrogen-bond donors (Lipinski definition) is 1. The summed E-state index contributed by atoms with van der Waals surface area (Å²) in [4.78, 5) is 26.3. The maximum absolute atomic E-state index is 12.5. The van der Waals surface area contributed by atoms with Gasteiger partial charge in [0.2, 0.25) is 0 Å². The maximum Gasteiger partial charge on any atom is 0.337 e. The van der Waals surface area contributed by atoms with Crippen molar-refractivity contribution in [2.24, 2.45) is 0 Å². The number of methoxy groups -OCH3 is 1. The van der Waals surface area contributed by atoms with Crippen LogP contribution in [0.1, 0.15) is 57.7 Å². The molecular formula is C22H26N4O3. The van der Waals surface area contributed by atoms with E-state index in [1.54, 1.807) is 24.3 Å². The fraction of sp³-hybridized carbons (Fsp3) is 0.455. The van der Waals surface area contributed by atoms with E-state index in [4.69, 9.17) is 0 Å². The van der Waals surface area contributed by atoms with Crippen LogP contribution in [0.4, 0.5) is 5.82 Å². The number of esters is 1. The summed E-state index contributed by atoms with van der Waals surface area (Å²) in [5, 5.41) is 12.0. The molecule has 0 unspecified atom stereocenters. The van der Waals surface area contributed by atoms with Gasteiger partial charge in [0.1, 0.15) is 0 Å². The van der Waals surface area contributed by atoms with E-state index in [2.05, 4.69) is 31.2 Å².